The van der Waals surface area contributed by atoms with Gasteiger partial charge in [0.1, 0.15) is 16.2 Å². The van der Waals surface area contributed by atoms with Gasteiger partial charge in [-0.25, -0.2) is 9.97 Å². The number of ether oxygens (including phenoxy) is 1. The predicted molar refractivity (Wildman–Crippen MR) is 102 cm³/mol. The average molecular weight is 399 g/mol. The van der Waals surface area contributed by atoms with Crippen LogP contribution in [0.2, 0.25) is 0 Å². The van der Waals surface area contributed by atoms with E-state index in [1.165, 1.54) is 6.07 Å². The maximum Gasteiger partial charge on any atom is 0.296 e. The molecule has 0 aromatic carbocycles. The van der Waals surface area contributed by atoms with Gasteiger partial charge in [-0.2, -0.15) is 13.4 Å². The summed E-state index contributed by atoms with van der Waals surface area (Å²) in [6.07, 6.45) is 1.14. The van der Waals surface area contributed by atoms with Crippen molar-refractivity contribution >= 4 is 32.2 Å². The predicted octanol–water partition coefficient (Wildman–Crippen LogP) is 2.29. The maximum absolute atomic E-state index is 11.2. The van der Waals surface area contributed by atoms with E-state index in [-0.39, 0.29) is 4.90 Å². The Morgan fingerprint density at radius 1 is 1.11 bits per heavy atom. The minimum Gasteiger partial charge on any atom is -0.481 e. The lowest BCUT2D eigenvalue weighted by molar-refractivity contribution is 0.399. The largest absolute Gasteiger partial charge is 0.481 e. The molecule has 144 valence electrons. The summed E-state index contributed by atoms with van der Waals surface area (Å²) in [6.45, 7) is 4.13. The molecule has 0 saturated heterocycles. The van der Waals surface area contributed by atoms with E-state index in [4.69, 9.17) is 9.29 Å². The maximum atomic E-state index is 11.2. The number of methoxy groups -OCH3 is 1. The summed E-state index contributed by atoms with van der Waals surface area (Å²) in [4.78, 5) is 17.5. The summed E-state index contributed by atoms with van der Waals surface area (Å²) in [5, 5.41) is 0.830. The molecular weight excluding hydrogens is 382 g/mol. The standard InChI is InChI=1S/C18H17N5O4S/c1-10-16-17(14-6-7-15(27-3)22-18(14)20-10)23(11(2)21-16)9-12-4-5-13(8-19-12)28(24,25)26/h4-8H,9H2,1-3H3,(H,24,25,26). The van der Waals surface area contributed by atoms with Crippen molar-refractivity contribution in [3.63, 3.8) is 0 Å². The molecule has 0 fully saturated rings. The molecule has 4 aromatic heterocycles. The molecule has 0 aliphatic rings. The van der Waals surface area contributed by atoms with Gasteiger partial charge in [0.25, 0.3) is 10.1 Å². The molecule has 1 N–H and O–H groups in total. The van der Waals surface area contributed by atoms with Gasteiger partial charge in [0.15, 0.2) is 5.65 Å². The van der Waals surface area contributed by atoms with Crippen LogP contribution in [0.15, 0.2) is 35.4 Å². The first kappa shape index (κ1) is 18.3. The van der Waals surface area contributed by atoms with Crippen molar-refractivity contribution in [2.75, 3.05) is 7.11 Å². The number of rotatable bonds is 4. The molecule has 0 bridgehead atoms. The van der Waals surface area contributed by atoms with Crippen molar-refractivity contribution in [2.24, 2.45) is 0 Å². The summed E-state index contributed by atoms with van der Waals surface area (Å²) in [6, 6.07) is 6.54. The lowest BCUT2D eigenvalue weighted by Gasteiger charge is -2.10. The third-order valence-electron chi connectivity index (χ3n) is 4.50. The van der Waals surface area contributed by atoms with Gasteiger partial charge in [0.05, 0.1) is 30.6 Å². The van der Waals surface area contributed by atoms with Gasteiger partial charge in [-0.15, -0.1) is 0 Å². The molecule has 28 heavy (non-hydrogen) atoms. The van der Waals surface area contributed by atoms with E-state index in [9.17, 15) is 8.42 Å². The normalized spacial score (nSPS) is 12.0. The Morgan fingerprint density at radius 3 is 2.54 bits per heavy atom. The monoisotopic (exact) mass is 399 g/mol. The summed E-state index contributed by atoms with van der Waals surface area (Å²) < 4.78 is 38.7. The molecule has 0 atom stereocenters. The lowest BCUT2D eigenvalue weighted by atomic mass is 10.2. The van der Waals surface area contributed by atoms with Gasteiger partial charge in [-0.05, 0) is 32.0 Å². The zero-order valence-electron chi connectivity index (χ0n) is 15.4. The highest BCUT2D eigenvalue weighted by Gasteiger charge is 2.17. The molecule has 0 saturated carbocycles. The second kappa shape index (κ2) is 6.50. The topological polar surface area (TPSA) is 120 Å². The van der Waals surface area contributed by atoms with E-state index in [1.807, 2.05) is 24.5 Å². The summed E-state index contributed by atoms with van der Waals surface area (Å²) in [7, 11) is -2.72. The summed E-state index contributed by atoms with van der Waals surface area (Å²) in [5.41, 5.74) is 3.57. The van der Waals surface area contributed by atoms with Gasteiger partial charge >= 0.3 is 0 Å². The Bertz CT molecular complexity index is 1310. The Kier molecular flexibility index (Phi) is 4.24. The number of nitrogens with zero attached hydrogens (tertiary/aromatic N) is 5. The van der Waals surface area contributed by atoms with Crippen LogP contribution >= 0.6 is 0 Å². The van der Waals surface area contributed by atoms with Crippen molar-refractivity contribution in [3.05, 3.63) is 47.7 Å². The number of aryl methyl sites for hydroxylation is 2. The van der Waals surface area contributed by atoms with Crippen molar-refractivity contribution in [3.8, 4) is 5.88 Å². The number of hydrogen-bond donors (Lipinski definition) is 1. The van der Waals surface area contributed by atoms with Crippen LogP contribution in [0.5, 0.6) is 5.88 Å². The molecule has 0 aliphatic carbocycles. The van der Waals surface area contributed by atoms with Crippen LogP contribution in [0, 0.1) is 13.8 Å². The molecule has 0 spiro atoms. The summed E-state index contributed by atoms with van der Waals surface area (Å²) >= 11 is 0. The number of imidazole rings is 1. The highest BCUT2D eigenvalue weighted by molar-refractivity contribution is 7.85. The van der Waals surface area contributed by atoms with E-state index in [0.717, 1.165) is 34.1 Å². The van der Waals surface area contributed by atoms with E-state index in [0.29, 0.717) is 23.8 Å². The molecule has 4 heterocycles. The van der Waals surface area contributed by atoms with Crippen LogP contribution in [-0.4, -0.2) is 44.6 Å². The minimum absolute atomic E-state index is 0.245. The third kappa shape index (κ3) is 3.06. The molecule has 10 heteroatoms. The molecule has 9 nitrogen and oxygen atoms in total. The second-order valence-electron chi connectivity index (χ2n) is 6.32. The molecule has 4 rings (SSSR count). The number of aromatic nitrogens is 5. The fraction of sp³-hybridized carbons (Fsp3) is 0.222. The van der Waals surface area contributed by atoms with Crippen molar-refractivity contribution in [1.82, 2.24) is 24.5 Å². The molecule has 0 radical (unpaired) electrons. The molecule has 4 aromatic rings. The number of fused-ring (bicyclic) bond motifs is 3. The van der Waals surface area contributed by atoms with Crippen molar-refractivity contribution in [2.45, 2.75) is 25.3 Å². The molecular formula is C18H17N5O4S. The van der Waals surface area contributed by atoms with Gasteiger partial charge in [0, 0.05) is 17.6 Å². The first-order chi connectivity index (χ1) is 13.3. The first-order valence-corrected chi connectivity index (χ1v) is 9.82. The van der Waals surface area contributed by atoms with E-state index >= 15 is 0 Å². The Labute approximate surface area is 160 Å². The Balaban J connectivity index is 1.88. The van der Waals surface area contributed by atoms with Crippen LogP contribution in [0.4, 0.5) is 0 Å². The molecule has 0 aliphatic heterocycles. The second-order valence-corrected chi connectivity index (χ2v) is 7.75. The average Bonchev–Trinajstić information content (AvgIpc) is 2.98. The van der Waals surface area contributed by atoms with Crippen LogP contribution in [0.25, 0.3) is 22.1 Å². The van der Waals surface area contributed by atoms with Gasteiger partial charge in [0.2, 0.25) is 5.88 Å². The van der Waals surface area contributed by atoms with Crippen LogP contribution in [-0.2, 0) is 16.7 Å². The smallest absolute Gasteiger partial charge is 0.296 e. The Hall–Kier alpha value is -3.11. The number of pyridine rings is 3. The van der Waals surface area contributed by atoms with Crippen molar-refractivity contribution in [1.29, 1.82) is 0 Å². The van der Waals surface area contributed by atoms with Gasteiger partial charge < -0.3 is 9.30 Å². The number of hydrogen-bond acceptors (Lipinski definition) is 7. The van der Waals surface area contributed by atoms with Crippen LogP contribution in [0.3, 0.4) is 0 Å². The fourth-order valence-corrected chi connectivity index (χ4v) is 3.55. The molecule has 0 amide bonds. The third-order valence-corrected chi connectivity index (χ3v) is 5.34. The first-order valence-electron chi connectivity index (χ1n) is 8.38. The van der Waals surface area contributed by atoms with E-state index in [1.54, 1.807) is 19.2 Å². The zero-order chi connectivity index (χ0) is 20.1. The van der Waals surface area contributed by atoms with Crippen LogP contribution < -0.4 is 4.74 Å². The molecule has 0 unspecified atom stereocenters. The van der Waals surface area contributed by atoms with Crippen LogP contribution in [0.1, 0.15) is 17.2 Å². The summed E-state index contributed by atoms with van der Waals surface area (Å²) in [5.74, 6) is 1.24. The van der Waals surface area contributed by atoms with Gasteiger partial charge in [-0.3, -0.25) is 9.54 Å². The van der Waals surface area contributed by atoms with Crippen molar-refractivity contribution < 1.29 is 17.7 Å². The lowest BCUT2D eigenvalue weighted by Crippen LogP contribution is -2.06. The quantitative estimate of drug-likeness (QED) is 0.519. The Morgan fingerprint density at radius 2 is 1.89 bits per heavy atom. The SMILES string of the molecule is COc1ccc2c(n1)nc(C)c1nc(C)n(Cc3ccc(S(=O)(=O)O)cn3)c12. The van der Waals surface area contributed by atoms with E-state index < -0.39 is 10.1 Å². The highest BCUT2D eigenvalue weighted by Crippen LogP contribution is 2.28. The fourth-order valence-electron chi connectivity index (χ4n) is 3.13. The van der Waals surface area contributed by atoms with Gasteiger partial charge in [-0.1, -0.05) is 0 Å². The minimum atomic E-state index is -4.28. The highest BCUT2D eigenvalue weighted by atomic mass is 32.2. The van der Waals surface area contributed by atoms with E-state index in [2.05, 4.69) is 19.9 Å². The zero-order valence-corrected chi connectivity index (χ0v) is 16.2.